The first kappa shape index (κ1) is 18.9. The number of nitrogens with zero attached hydrogens (tertiary/aromatic N) is 1. The predicted octanol–water partition coefficient (Wildman–Crippen LogP) is 5.32. The van der Waals surface area contributed by atoms with Crippen LogP contribution in [0.25, 0.3) is 10.8 Å². The normalized spacial score (nSPS) is 21.1. The molecule has 3 aromatic carbocycles. The molecule has 4 nitrogen and oxygen atoms in total. The van der Waals surface area contributed by atoms with E-state index in [0.717, 1.165) is 36.8 Å². The van der Waals surface area contributed by atoms with Gasteiger partial charge in [-0.1, -0.05) is 48.5 Å². The van der Waals surface area contributed by atoms with E-state index in [2.05, 4.69) is 18.2 Å². The Morgan fingerprint density at radius 2 is 1.33 bits per heavy atom. The lowest BCUT2D eigenvalue weighted by Gasteiger charge is -2.30. The Hall–Kier alpha value is -3.14. The monoisotopic (exact) mass is 399 g/mol. The quantitative estimate of drug-likeness (QED) is 0.546. The third kappa shape index (κ3) is 3.47. The van der Waals surface area contributed by atoms with Gasteiger partial charge in [-0.05, 0) is 61.1 Å². The van der Waals surface area contributed by atoms with Crippen LogP contribution in [0, 0.1) is 11.8 Å². The minimum Gasteiger partial charge on any atom is -0.493 e. The lowest BCUT2D eigenvalue weighted by molar-refractivity contribution is 0.0604. The van der Waals surface area contributed by atoms with Gasteiger partial charge in [0.15, 0.2) is 0 Å². The number of amides is 2. The molecule has 1 heterocycles. The Balaban J connectivity index is 1.16. The molecule has 0 N–H and O–H groups in total. The molecule has 1 fully saturated rings. The number of carbonyl (C=O) groups excluding carboxylic acids is 2. The van der Waals surface area contributed by atoms with Gasteiger partial charge >= 0.3 is 0 Å². The summed E-state index contributed by atoms with van der Waals surface area (Å²) in [6.07, 6.45) is 4.19. The molecule has 1 aliphatic heterocycles. The highest BCUT2D eigenvalue weighted by atomic mass is 16.5. The van der Waals surface area contributed by atoms with Crippen molar-refractivity contribution in [2.45, 2.75) is 25.7 Å². The molecule has 3 aromatic rings. The summed E-state index contributed by atoms with van der Waals surface area (Å²) in [5.41, 5.74) is 1.08. The number of fused-ring (bicyclic) bond motifs is 2. The Morgan fingerprint density at radius 1 is 0.733 bits per heavy atom. The van der Waals surface area contributed by atoms with E-state index in [0.29, 0.717) is 36.1 Å². The van der Waals surface area contributed by atoms with E-state index in [1.54, 1.807) is 12.1 Å². The topological polar surface area (TPSA) is 46.6 Å². The SMILES string of the molecule is O=C1c2ccccc2C(=O)N1CC1CCC(COc2cccc3ccccc23)CC1. The average Bonchev–Trinajstić information content (AvgIpc) is 3.03. The van der Waals surface area contributed by atoms with Crippen LogP contribution < -0.4 is 4.74 Å². The molecule has 0 saturated heterocycles. The summed E-state index contributed by atoms with van der Waals surface area (Å²) in [5.74, 6) is 1.55. The van der Waals surface area contributed by atoms with Crippen molar-refractivity contribution in [1.82, 2.24) is 4.90 Å². The van der Waals surface area contributed by atoms with Crippen molar-refractivity contribution in [3.63, 3.8) is 0 Å². The summed E-state index contributed by atoms with van der Waals surface area (Å²) in [6, 6.07) is 21.6. The first-order valence-electron chi connectivity index (χ1n) is 10.8. The molecule has 0 radical (unpaired) electrons. The van der Waals surface area contributed by atoms with Crippen LogP contribution in [-0.4, -0.2) is 29.9 Å². The van der Waals surface area contributed by atoms with Crippen LogP contribution in [0.15, 0.2) is 66.7 Å². The molecule has 0 aromatic heterocycles. The molecular formula is C26H25NO3. The minimum absolute atomic E-state index is 0.142. The number of rotatable bonds is 5. The van der Waals surface area contributed by atoms with Crippen molar-refractivity contribution in [2.24, 2.45) is 11.8 Å². The zero-order chi connectivity index (χ0) is 20.5. The molecule has 152 valence electrons. The molecule has 2 aliphatic rings. The van der Waals surface area contributed by atoms with Crippen LogP contribution in [0.4, 0.5) is 0 Å². The maximum Gasteiger partial charge on any atom is 0.261 e. The van der Waals surface area contributed by atoms with E-state index in [4.69, 9.17) is 4.74 Å². The fourth-order valence-corrected chi connectivity index (χ4v) is 4.77. The summed E-state index contributed by atoms with van der Waals surface area (Å²) in [5, 5.41) is 2.35. The van der Waals surface area contributed by atoms with Gasteiger partial charge in [-0.2, -0.15) is 0 Å². The predicted molar refractivity (Wildman–Crippen MR) is 117 cm³/mol. The van der Waals surface area contributed by atoms with Crippen LogP contribution in [0.5, 0.6) is 5.75 Å². The first-order chi connectivity index (χ1) is 14.7. The number of hydrogen-bond acceptors (Lipinski definition) is 3. The largest absolute Gasteiger partial charge is 0.493 e. The maximum absolute atomic E-state index is 12.6. The number of imide groups is 1. The van der Waals surface area contributed by atoms with E-state index in [9.17, 15) is 9.59 Å². The molecule has 0 atom stereocenters. The van der Waals surface area contributed by atoms with Gasteiger partial charge in [-0.3, -0.25) is 14.5 Å². The van der Waals surface area contributed by atoms with E-state index in [-0.39, 0.29) is 11.8 Å². The van der Waals surface area contributed by atoms with E-state index >= 15 is 0 Å². The van der Waals surface area contributed by atoms with Crippen LogP contribution >= 0.6 is 0 Å². The molecular weight excluding hydrogens is 374 g/mol. The Kier molecular flexibility index (Phi) is 4.99. The molecule has 4 heteroatoms. The highest BCUT2D eigenvalue weighted by molar-refractivity contribution is 6.21. The van der Waals surface area contributed by atoms with Crippen molar-refractivity contribution in [3.05, 3.63) is 77.9 Å². The summed E-state index contributed by atoms with van der Waals surface area (Å²) in [7, 11) is 0. The molecule has 1 aliphatic carbocycles. The van der Waals surface area contributed by atoms with Gasteiger partial charge in [0.1, 0.15) is 5.75 Å². The molecule has 0 spiro atoms. The van der Waals surface area contributed by atoms with Gasteiger partial charge in [0.05, 0.1) is 17.7 Å². The van der Waals surface area contributed by atoms with E-state index in [1.165, 1.54) is 10.3 Å². The van der Waals surface area contributed by atoms with Gasteiger partial charge in [0, 0.05) is 11.9 Å². The third-order valence-electron chi connectivity index (χ3n) is 6.51. The molecule has 5 rings (SSSR count). The number of ether oxygens (including phenoxy) is 1. The molecule has 0 unspecified atom stereocenters. The van der Waals surface area contributed by atoms with Crippen LogP contribution in [0.1, 0.15) is 46.4 Å². The first-order valence-corrected chi connectivity index (χ1v) is 10.8. The minimum atomic E-state index is -0.142. The van der Waals surface area contributed by atoms with E-state index < -0.39 is 0 Å². The van der Waals surface area contributed by atoms with Crippen LogP contribution in [0.2, 0.25) is 0 Å². The van der Waals surface area contributed by atoms with E-state index in [1.807, 2.05) is 36.4 Å². The van der Waals surface area contributed by atoms with Crippen molar-refractivity contribution in [3.8, 4) is 5.75 Å². The lowest BCUT2D eigenvalue weighted by Crippen LogP contribution is -2.36. The number of benzene rings is 3. The lowest BCUT2D eigenvalue weighted by atomic mass is 9.82. The highest BCUT2D eigenvalue weighted by Crippen LogP contribution is 2.33. The highest BCUT2D eigenvalue weighted by Gasteiger charge is 2.37. The summed E-state index contributed by atoms with van der Waals surface area (Å²) in [4.78, 5) is 26.6. The zero-order valence-corrected chi connectivity index (χ0v) is 16.9. The molecule has 0 bridgehead atoms. The summed E-state index contributed by atoms with van der Waals surface area (Å²) in [6.45, 7) is 1.25. The van der Waals surface area contributed by atoms with Gasteiger partial charge < -0.3 is 4.74 Å². The van der Waals surface area contributed by atoms with Crippen molar-refractivity contribution in [2.75, 3.05) is 13.2 Å². The summed E-state index contributed by atoms with van der Waals surface area (Å²) >= 11 is 0. The fourth-order valence-electron chi connectivity index (χ4n) is 4.77. The van der Waals surface area contributed by atoms with Crippen LogP contribution in [-0.2, 0) is 0 Å². The Bertz CT molecular complexity index is 1060. The smallest absolute Gasteiger partial charge is 0.261 e. The van der Waals surface area contributed by atoms with Gasteiger partial charge in [-0.25, -0.2) is 0 Å². The van der Waals surface area contributed by atoms with Crippen molar-refractivity contribution < 1.29 is 14.3 Å². The van der Waals surface area contributed by atoms with Gasteiger partial charge in [-0.15, -0.1) is 0 Å². The van der Waals surface area contributed by atoms with Crippen molar-refractivity contribution in [1.29, 1.82) is 0 Å². The van der Waals surface area contributed by atoms with Gasteiger partial charge in [0.2, 0.25) is 0 Å². The average molecular weight is 399 g/mol. The number of hydrogen-bond donors (Lipinski definition) is 0. The molecule has 30 heavy (non-hydrogen) atoms. The molecule has 2 amide bonds. The van der Waals surface area contributed by atoms with Crippen molar-refractivity contribution >= 4 is 22.6 Å². The second kappa shape index (κ2) is 7.94. The Morgan fingerprint density at radius 3 is 2.07 bits per heavy atom. The van der Waals surface area contributed by atoms with Gasteiger partial charge in [0.25, 0.3) is 11.8 Å². The van der Waals surface area contributed by atoms with Crippen LogP contribution in [0.3, 0.4) is 0 Å². The zero-order valence-electron chi connectivity index (χ0n) is 16.9. The second-order valence-electron chi connectivity index (χ2n) is 8.44. The fraction of sp³-hybridized carbons (Fsp3) is 0.308. The number of carbonyl (C=O) groups is 2. The Labute approximate surface area is 176 Å². The maximum atomic E-state index is 12.6. The molecule has 1 saturated carbocycles. The standard InChI is InChI=1S/C26H25NO3/c28-25-22-9-3-4-10-23(22)26(29)27(25)16-18-12-14-19(15-13-18)17-30-24-11-5-7-20-6-1-2-8-21(20)24/h1-11,18-19H,12-17H2. The second-order valence-corrected chi connectivity index (χ2v) is 8.44. The third-order valence-corrected chi connectivity index (χ3v) is 6.51. The summed E-state index contributed by atoms with van der Waals surface area (Å²) < 4.78 is 6.19.